The van der Waals surface area contributed by atoms with E-state index in [2.05, 4.69) is 48.0 Å². The summed E-state index contributed by atoms with van der Waals surface area (Å²) >= 11 is 0. The van der Waals surface area contributed by atoms with Crippen LogP contribution in [0, 0.1) is 5.92 Å². The molecule has 3 heteroatoms. The quantitative estimate of drug-likeness (QED) is 0.900. The first-order valence-corrected chi connectivity index (χ1v) is 7.30. The minimum atomic E-state index is -0.0566. The molecule has 1 aromatic carbocycles. The molecule has 0 aromatic heterocycles. The molecule has 1 saturated carbocycles. The first kappa shape index (κ1) is 12.5. The molecule has 102 valence electrons. The number of hydrogen-bond acceptors (Lipinski definition) is 3. The molecule has 3 nitrogen and oxygen atoms in total. The predicted molar refractivity (Wildman–Crippen MR) is 79.1 cm³/mol. The lowest BCUT2D eigenvalue weighted by molar-refractivity contribution is 0.217. The van der Waals surface area contributed by atoms with Gasteiger partial charge in [-0.05, 0) is 43.2 Å². The van der Waals surface area contributed by atoms with E-state index in [1.165, 1.54) is 24.0 Å². The third-order valence-corrected chi connectivity index (χ3v) is 4.54. The highest BCUT2D eigenvalue weighted by Crippen LogP contribution is 2.38. The standard InChI is InChI=1S/C16H23N3/c1-3-12-6-8-14(9-7-12)16(2)11-18-15(17)19(16)10-13-4-5-13/h6-9,13H,3-5,10-11H2,1-2H3,(H2,17,18). The van der Waals surface area contributed by atoms with Crippen molar-refractivity contribution in [1.29, 1.82) is 0 Å². The molecule has 1 aliphatic heterocycles. The number of aliphatic imine (C=N–C) groups is 1. The van der Waals surface area contributed by atoms with Gasteiger partial charge >= 0.3 is 0 Å². The van der Waals surface area contributed by atoms with Crippen LogP contribution in [0.15, 0.2) is 29.3 Å². The van der Waals surface area contributed by atoms with Crippen LogP contribution >= 0.6 is 0 Å². The Hall–Kier alpha value is -1.51. The second kappa shape index (κ2) is 4.55. The maximum absolute atomic E-state index is 6.10. The number of benzene rings is 1. The molecule has 0 saturated heterocycles. The van der Waals surface area contributed by atoms with E-state index in [4.69, 9.17) is 5.73 Å². The highest BCUT2D eigenvalue weighted by atomic mass is 15.4. The van der Waals surface area contributed by atoms with Gasteiger partial charge in [-0.3, -0.25) is 4.99 Å². The van der Waals surface area contributed by atoms with Crippen molar-refractivity contribution >= 4 is 5.96 Å². The molecule has 0 amide bonds. The lowest BCUT2D eigenvalue weighted by Gasteiger charge is -2.37. The molecule has 19 heavy (non-hydrogen) atoms. The molecule has 1 fully saturated rings. The van der Waals surface area contributed by atoms with Gasteiger partial charge in [0.25, 0.3) is 0 Å². The molecule has 0 spiro atoms. The first-order valence-electron chi connectivity index (χ1n) is 7.30. The van der Waals surface area contributed by atoms with Crippen LogP contribution in [0.3, 0.4) is 0 Å². The Morgan fingerprint density at radius 1 is 1.32 bits per heavy atom. The monoisotopic (exact) mass is 257 g/mol. The second-order valence-electron chi connectivity index (χ2n) is 6.05. The minimum Gasteiger partial charge on any atom is -0.370 e. The van der Waals surface area contributed by atoms with Gasteiger partial charge in [0.05, 0.1) is 12.1 Å². The number of guanidine groups is 1. The summed E-state index contributed by atoms with van der Waals surface area (Å²) in [5, 5.41) is 0. The lowest BCUT2D eigenvalue weighted by atomic mass is 9.90. The summed E-state index contributed by atoms with van der Waals surface area (Å²) in [4.78, 5) is 6.80. The molecular formula is C16H23N3. The van der Waals surface area contributed by atoms with Gasteiger partial charge < -0.3 is 10.6 Å². The molecule has 1 aromatic rings. The third-order valence-electron chi connectivity index (χ3n) is 4.54. The SMILES string of the molecule is CCc1ccc(C2(C)CN=C(N)N2CC2CC2)cc1. The van der Waals surface area contributed by atoms with Gasteiger partial charge in [-0.15, -0.1) is 0 Å². The maximum atomic E-state index is 6.10. The highest BCUT2D eigenvalue weighted by Gasteiger charge is 2.41. The first-order chi connectivity index (χ1) is 9.13. The number of nitrogens with zero attached hydrogens (tertiary/aromatic N) is 2. The van der Waals surface area contributed by atoms with Crippen LogP contribution in [0.5, 0.6) is 0 Å². The van der Waals surface area contributed by atoms with Gasteiger partial charge in [0.15, 0.2) is 5.96 Å². The fourth-order valence-electron chi connectivity index (χ4n) is 2.86. The highest BCUT2D eigenvalue weighted by molar-refractivity contribution is 5.81. The van der Waals surface area contributed by atoms with E-state index in [0.29, 0.717) is 5.96 Å². The van der Waals surface area contributed by atoms with E-state index in [-0.39, 0.29) is 5.54 Å². The third kappa shape index (κ3) is 2.22. The van der Waals surface area contributed by atoms with E-state index in [1.807, 2.05) is 0 Å². The van der Waals surface area contributed by atoms with Crippen LogP contribution in [0.25, 0.3) is 0 Å². The summed E-state index contributed by atoms with van der Waals surface area (Å²) in [5.74, 6) is 1.54. The number of aryl methyl sites for hydroxylation is 1. The van der Waals surface area contributed by atoms with Gasteiger partial charge in [0.1, 0.15) is 0 Å². The second-order valence-corrected chi connectivity index (χ2v) is 6.05. The normalized spacial score (nSPS) is 26.6. The average Bonchev–Trinajstić information content (AvgIpc) is 3.21. The van der Waals surface area contributed by atoms with Crippen molar-refractivity contribution in [3.8, 4) is 0 Å². The van der Waals surface area contributed by atoms with E-state index in [0.717, 1.165) is 25.4 Å². The summed E-state index contributed by atoms with van der Waals surface area (Å²) in [6, 6.07) is 8.94. The number of hydrogen-bond donors (Lipinski definition) is 1. The molecule has 2 aliphatic rings. The zero-order valence-electron chi connectivity index (χ0n) is 11.9. The van der Waals surface area contributed by atoms with Crippen molar-refractivity contribution in [1.82, 2.24) is 4.90 Å². The summed E-state index contributed by atoms with van der Waals surface area (Å²) < 4.78 is 0. The van der Waals surface area contributed by atoms with Crippen LogP contribution in [-0.2, 0) is 12.0 Å². The van der Waals surface area contributed by atoms with Crippen molar-refractivity contribution in [2.45, 2.75) is 38.6 Å². The molecule has 3 rings (SSSR count). The molecule has 1 unspecified atom stereocenters. The Bertz CT molecular complexity index is 487. The van der Waals surface area contributed by atoms with Gasteiger partial charge in [-0.25, -0.2) is 0 Å². The molecule has 2 N–H and O–H groups in total. The van der Waals surface area contributed by atoms with Gasteiger partial charge in [-0.2, -0.15) is 0 Å². The topological polar surface area (TPSA) is 41.6 Å². The van der Waals surface area contributed by atoms with E-state index in [9.17, 15) is 0 Å². The molecule has 1 heterocycles. The van der Waals surface area contributed by atoms with Crippen molar-refractivity contribution < 1.29 is 0 Å². The zero-order chi connectivity index (χ0) is 13.5. The Labute approximate surface area is 115 Å². The van der Waals surface area contributed by atoms with Crippen LogP contribution in [0.1, 0.15) is 37.8 Å². The largest absolute Gasteiger partial charge is 0.370 e. The molecule has 1 aliphatic carbocycles. The van der Waals surface area contributed by atoms with Crippen LogP contribution in [0.2, 0.25) is 0 Å². The van der Waals surface area contributed by atoms with Crippen LogP contribution in [0.4, 0.5) is 0 Å². The predicted octanol–water partition coefficient (Wildman–Crippen LogP) is 2.50. The van der Waals surface area contributed by atoms with Gasteiger partial charge in [-0.1, -0.05) is 31.2 Å². The number of nitrogens with two attached hydrogens (primary N) is 1. The lowest BCUT2D eigenvalue weighted by Crippen LogP contribution is -2.48. The fraction of sp³-hybridized carbons (Fsp3) is 0.562. The summed E-state index contributed by atoms with van der Waals surface area (Å²) in [5.41, 5.74) is 8.75. The average molecular weight is 257 g/mol. The van der Waals surface area contributed by atoms with E-state index >= 15 is 0 Å². The molecule has 1 atom stereocenters. The molecule has 0 bridgehead atoms. The van der Waals surface area contributed by atoms with E-state index < -0.39 is 0 Å². The Balaban J connectivity index is 1.87. The summed E-state index contributed by atoms with van der Waals surface area (Å²) in [6.45, 7) is 6.28. The van der Waals surface area contributed by atoms with E-state index in [1.54, 1.807) is 0 Å². The van der Waals surface area contributed by atoms with Gasteiger partial charge in [0, 0.05) is 6.54 Å². The minimum absolute atomic E-state index is 0.0566. The Morgan fingerprint density at radius 3 is 2.58 bits per heavy atom. The fourth-order valence-corrected chi connectivity index (χ4v) is 2.86. The van der Waals surface area contributed by atoms with Crippen molar-refractivity contribution in [3.05, 3.63) is 35.4 Å². The van der Waals surface area contributed by atoms with Crippen molar-refractivity contribution in [2.24, 2.45) is 16.6 Å². The smallest absolute Gasteiger partial charge is 0.192 e. The van der Waals surface area contributed by atoms with Crippen molar-refractivity contribution in [2.75, 3.05) is 13.1 Å². The summed E-state index contributed by atoms with van der Waals surface area (Å²) in [6.07, 6.45) is 3.77. The van der Waals surface area contributed by atoms with Crippen LogP contribution in [-0.4, -0.2) is 23.9 Å². The Kier molecular flexibility index (Phi) is 3.00. The van der Waals surface area contributed by atoms with Crippen molar-refractivity contribution in [3.63, 3.8) is 0 Å². The zero-order valence-corrected chi connectivity index (χ0v) is 11.9. The maximum Gasteiger partial charge on any atom is 0.192 e. The number of rotatable bonds is 4. The van der Waals surface area contributed by atoms with Gasteiger partial charge in [0.2, 0.25) is 0 Å². The Morgan fingerprint density at radius 2 is 2.00 bits per heavy atom. The van der Waals surface area contributed by atoms with Crippen LogP contribution < -0.4 is 5.73 Å². The molecule has 0 radical (unpaired) electrons. The summed E-state index contributed by atoms with van der Waals surface area (Å²) in [7, 11) is 0. The molecular weight excluding hydrogens is 234 g/mol.